The summed E-state index contributed by atoms with van der Waals surface area (Å²) in [7, 11) is 0. The second-order valence-corrected chi connectivity index (χ2v) is 13.9. The van der Waals surface area contributed by atoms with Gasteiger partial charge in [0.05, 0.1) is 11.4 Å². The Balaban J connectivity index is 1.18. The third-order valence-electron chi connectivity index (χ3n) is 11.0. The molecule has 0 amide bonds. The van der Waals surface area contributed by atoms with Gasteiger partial charge in [-0.15, -0.1) is 0 Å². The molecule has 2 aliphatic rings. The lowest BCUT2D eigenvalue weighted by Gasteiger charge is -2.42. The van der Waals surface area contributed by atoms with Gasteiger partial charge in [-0.2, -0.15) is 0 Å². The number of fused-ring (bicyclic) bond motifs is 5. The van der Waals surface area contributed by atoms with E-state index in [1.807, 2.05) is 0 Å². The van der Waals surface area contributed by atoms with E-state index in [2.05, 4.69) is 196 Å². The summed E-state index contributed by atoms with van der Waals surface area (Å²) in [5.74, 6) is 0. The van der Waals surface area contributed by atoms with E-state index >= 15 is 0 Å². The molecule has 1 nitrogen and oxygen atoms in total. The average Bonchev–Trinajstić information content (AvgIpc) is 3.41. The zero-order valence-corrected chi connectivity index (χ0v) is 27.6. The predicted molar refractivity (Wildman–Crippen MR) is 202 cm³/mol. The van der Waals surface area contributed by atoms with Crippen LogP contribution in [0, 0.1) is 0 Å². The molecule has 1 heteroatoms. The minimum atomic E-state index is -0.224. The van der Waals surface area contributed by atoms with E-state index in [9.17, 15) is 0 Å². The third kappa shape index (κ3) is 4.17. The molecule has 1 heterocycles. The normalized spacial score (nSPS) is 16.9. The van der Waals surface area contributed by atoms with E-state index in [-0.39, 0.29) is 10.8 Å². The Kier molecular flexibility index (Phi) is 6.36. The first-order chi connectivity index (χ1) is 23.4. The smallest absolute Gasteiger partial charge is 0.0503 e. The van der Waals surface area contributed by atoms with Crippen molar-refractivity contribution >= 4 is 17.1 Å². The van der Waals surface area contributed by atoms with Crippen LogP contribution in [-0.4, -0.2) is 0 Å². The molecule has 1 atom stereocenters. The standard InChI is InChI=1S/C47H37N/c1-46(2)41-20-12-13-21-44(41)48(37-26-22-33(23-27-37)32-14-6-4-7-15-32)45-29-25-35(31-43(45)46)34-24-28-39-38-18-10-11-19-40(38)47(3,42(39)30-34)36-16-8-5-9-17-36/h4-31H,1-3H3. The van der Waals surface area contributed by atoms with E-state index in [4.69, 9.17) is 0 Å². The van der Waals surface area contributed by atoms with Crippen LogP contribution in [-0.2, 0) is 10.8 Å². The number of nitrogens with zero attached hydrogens (tertiary/aromatic N) is 1. The fourth-order valence-electron chi connectivity index (χ4n) is 8.35. The molecular weight excluding hydrogens is 579 g/mol. The van der Waals surface area contributed by atoms with Crippen molar-refractivity contribution in [1.29, 1.82) is 0 Å². The minimum absolute atomic E-state index is 0.173. The molecule has 1 aliphatic carbocycles. The molecule has 0 saturated heterocycles. The van der Waals surface area contributed by atoms with Gasteiger partial charge in [-0.1, -0.05) is 147 Å². The van der Waals surface area contributed by atoms with Crippen molar-refractivity contribution in [2.45, 2.75) is 31.6 Å². The summed E-state index contributed by atoms with van der Waals surface area (Å²) >= 11 is 0. The Bertz CT molecular complexity index is 2310. The fourth-order valence-corrected chi connectivity index (χ4v) is 8.35. The molecule has 0 saturated carbocycles. The largest absolute Gasteiger partial charge is 0.310 e. The van der Waals surface area contributed by atoms with Gasteiger partial charge in [0.15, 0.2) is 0 Å². The second kappa shape index (κ2) is 10.7. The van der Waals surface area contributed by atoms with E-state index < -0.39 is 0 Å². The van der Waals surface area contributed by atoms with Crippen molar-refractivity contribution in [3.8, 4) is 33.4 Å². The van der Waals surface area contributed by atoms with Crippen molar-refractivity contribution in [1.82, 2.24) is 0 Å². The predicted octanol–water partition coefficient (Wildman–Crippen LogP) is 12.5. The molecule has 0 radical (unpaired) electrons. The summed E-state index contributed by atoms with van der Waals surface area (Å²) in [4.78, 5) is 2.44. The van der Waals surface area contributed by atoms with Crippen LogP contribution in [0.25, 0.3) is 33.4 Å². The van der Waals surface area contributed by atoms with Crippen LogP contribution in [0.3, 0.4) is 0 Å². The van der Waals surface area contributed by atoms with Crippen LogP contribution in [0.1, 0.15) is 48.6 Å². The Labute approximate surface area is 283 Å². The molecule has 0 fully saturated rings. The first kappa shape index (κ1) is 28.6. The average molecular weight is 616 g/mol. The van der Waals surface area contributed by atoms with E-state index in [0.29, 0.717) is 0 Å². The Hall–Kier alpha value is -5.66. The van der Waals surface area contributed by atoms with Gasteiger partial charge in [-0.05, 0) is 105 Å². The van der Waals surface area contributed by atoms with Crippen LogP contribution in [0.4, 0.5) is 17.1 Å². The molecule has 0 spiro atoms. The van der Waals surface area contributed by atoms with Crippen LogP contribution >= 0.6 is 0 Å². The second-order valence-electron chi connectivity index (χ2n) is 13.9. The number of para-hydroxylation sites is 1. The Morgan fingerprint density at radius 2 is 0.896 bits per heavy atom. The maximum atomic E-state index is 2.45. The molecular formula is C47H37N. The fraction of sp³-hybridized carbons (Fsp3) is 0.106. The summed E-state index contributed by atoms with van der Waals surface area (Å²) in [6, 6.07) is 62.7. The Morgan fingerprint density at radius 1 is 0.375 bits per heavy atom. The van der Waals surface area contributed by atoms with Crippen molar-refractivity contribution in [2.24, 2.45) is 0 Å². The molecule has 230 valence electrons. The molecule has 0 aromatic heterocycles. The van der Waals surface area contributed by atoms with E-state index in [1.54, 1.807) is 0 Å². The van der Waals surface area contributed by atoms with Gasteiger partial charge in [0.2, 0.25) is 0 Å². The quantitative estimate of drug-likeness (QED) is 0.190. The number of hydrogen-bond donors (Lipinski definition) is 0. The van der Waals surface area contributed by atoms with Gasteiger partial charge < -0.3 is 4.90 Å². The van der Waals surface area contributed by atoms with Gasteiger partial charge in [-0.25, -0.2) is 0 Å². The van der Waals surface area contributed by atoms with Gasteiger partial charge in [0.25, 0.3) is 0 Å². The molecule has 1 aliphatic heterocycles. The summed E-state index contributed by atoms with van der Waals surface area (Å²) < 4.78 is 0. The monoisotopic (exact) mass is 615 g/mol. The highest BCUT2D eigenvalue weighted by Crippen LogP contribution is 2.55. The van der Waals surface area contributed by atoms with Crippen molar-refractivity contribution in [2.75, 3.05) is 4.90 Å². The highest BCUT2D eigenvalue weighted by molar-refractivity contribution is 5.89. The SMILES string of the molecule is CC1(C)c2ccccc2N(c2ccc(-c3ccccc3)cc2)c2ccc(-c3ccc4c(c3)C(C)(c3ccccc3)c3ccccc3-4)cc21. The number of hydrogen-bond acceptors (Lipinski definition) is 1. The maximum absolute atomic E-state index is 2.45. The summed E-state index contributed by atoms with van der Waals surface area (Å²) in [5, 5.41) is 0. The van der Waals surface area contributed by atoms with Crippen LogP contribution in [0.15, 0.2) is 170 Å². The molecule has 9 rings (SSSR count). The molecule has 7 aromatic carbocycles. The van der Waals surface area contributed by atoms with Gasteiger partial charge >= 0.3 is 0 Å². The van der Waals surface area contributed by atoms with Gasteiger partial charge in [0, 0.05) is 16.5 Å². The lowest BCUT2D eigenvalue weighted by atomic mass is 9.72. The molecule has 1 unspecified atom stereocenters. The zero-order chi connectivity index (χ0) is 32.5. The van der Waals surface area contributed by atoms with Crippen molar-refractivity contribution in [3.05, 3.63) is 198 Å². The highest BCUT2D eigenvalue weighted by atomic mass is 15.2. The number of rotatable bonds is 4. The lowest BCUT2D eigenvalue weighted by molar-refractivity contribution is 0.632. The van der Waals surface area contributed by atoms with E-state index in [0.717, 1.165) is 0 Å². The summed E-state index contributed by atoms with van der Waals surface area (Å²) in [6.07, 6.45) is 0. The van der Waals surface area contributed by atoms with E-state index in [1.165, 1.54) is 78.3 Å². The molecule has 48 heavy (non-hydrogen) atoms. The summed E-state index contributed by atoms with van der Waals surface area (Å²) in [5.41, 5.74) is 17.6. The van der Waals surface area contributed by atoms with Crippen LogP contribution in [0.5, 0.6) is 0 Å². The van der Waals surface area contributed by atoms with Gasteiger partial charge in [0.1, 0.15) is 0 Å². The third-order valence-corrected chi connectivity index (χ3v) is 11.0. The number of anilines is 3. The number of benzene rings is 7. The maximum Gasteiger partial charge on any atom is 0.0503 e. The van der Waals surface area contributed by atoms with Crippen molar-refractivity contribution < 1.29 is 0 Å². The minimum Gasteiger partial charge on any atom is -0.310 e. The van der Waals surface area contributed by atoms with Gasteiger partial charge in [-0.3, -0.25) is 0 Å². The van der Waals surface area contributed by atoms with Crippen LogP contribution < -0.4 is 4.90 Å². The first-order valence-electron chi connectivity index (χ1n) is 16.9. The van der Waals surface area contributed by atoms with Crippen LogP contribution in [0.2, 0.25) is 0 Å². The molecule has 7 aromatic rings. The molecule has 0 N–H and O–H groups in total. The summed E-state index contributed by atoms with van der Waals surface area (Å²) in [6.45, 7) is 7.14. The Morgan fingerprint density at radius 3 is 1.65 bits per heavy atom. The highest BCUT2D eigenvalue weighted by Gasteiger charge is 2.41. The zero-order valence-electron chi connectivity index (χ0n) is 27.6. The first-order valence-corrected chi connectivity index (χ1v) is 16.9. The topological polar surface area (TPSA) is 3.24 Å². The lowest BCUT2D eigenvalue weighted by Crippen LogP contribution is -2.30. The molecule has 0 bridgehead atoms. The van der Waals surface area contributed by atoms with Crippen molar-refractivity contribution in [3.63, 3.8) is 0 Å².